The fourth-order valence-corrected chi connectivity index (χ4v) is 2.57. The van der Waals surface area contributed by atoms with E-state index in [-0.39, 0.29) is 0 Å². The molecule has 3 aromatic carbocycles. The van der Waals surface area contributed by atoms with Crippen LogP contribution in [0.2, 0.25) is 0 Å². The Labute approximate surface area is 136 Å². The highest BCUT2D eigenvalue weighted by Crippen LogP contribution is 2.23. The number of allylic oxidation sites excluding steroid dienone is 1. The molecule has 0 atom stereocenters. The van der Waals surface area contributed by atoms with E-state index in [1.54, 1.807) is 0 Å². The summed E-state index contributed by atoms with van der Waals surface area (Å²) in [5.41, 5.74) is 3.79. The lowest BCUT2D eigenvalue weighted by molar-refractivity contribution is 1.13. The normalized spacial score (nSPS) is 11.3. The zero-order chi connectivity index (χ0) is 16.2. The van der Waals surface area contributed by atoms with E-state index >= 15 is 0 Å². The summed E-state index contributed by atoms with van der Waals surface area (Å²) in [5.74, 6) is 0. The summed E-state index contributed by atoms with van der Waals surface area (Å²) < 4.78 is 0. The second-order valence-electron chi connectivity index (χ2n) is 5.72. The van der Waals surface area contributed by atoms with Crippen molar-refractivity contribution < 1.29 is 0 Å². The Balaban J connectivity index is 1.98. The average Bonchev–Trinajstić information content (AvgIpc) is 2.59. The largest absolute Gasteiger partial charge is 0.378 e. The number of nitriles is 1. The molecule has 2 heteroatoms. The van der Waals surface area contributed by atoms with Crippen molar-refractivity contribution in [2.24, 2.45) is 0 Å². The molecular weight excluding hydrogens is 280 g/mol. The van der Waals surface area contributed by atoms with E-state index in [1.165, 1.54) is 5.39 Å². The van der Waals surface area contributed by atoms with Crippen molar-refractivity contribution >= 4 is 28.1 Å². The first-order valence-electron chi connectivity index (χ1n) is 7.56. The SMILES string of the molecule is CN(C)c1ccc(/C=C(/C#N)c2ccc3ccccc3c2)cc1. The van der Waals surface area contributed by atoms with Crippen LogP contribution in [0.5, 0.6) is 0 Å². The standard InChI is InChI=1S/C21H18N2/c1-23(2)21-11-7-16(8-12-21)13-20(15-22)19-10-9-17-5-3-4-6-18(17)14-19/h3-14H,1-2H3/b20-13-. The molecule has 2 nitrogen and oxygen atoms in total. The summed E-state index contributed by atoms with van der Waals surface area (Å²) in [4.78, 5) is 2.06. The van der Waals surface area contributed by atoms with Crippen molar-refractivity contribution in [1.29, 1.82) is 5.26 Å². The summed E-state index contributed by atoms with van der Waals surface area (Å²) >= 11 is 0. The molecule has 0 aromatic heterocycles. The Bertz CT molecular complexity index is 897. The minimum absolute atomic E-state index is 0.674. The first-order valence-corrected chi connectivity index (χ1v) is 7.56. The first-order chi connectivity index (χ1) is 11.2. The average molecular weight is 298 g/mol. The Morgan fingerprint density at radius 1 is 0.913 bits per heavy atom. The smallest absolute Gasteiger partial charge is 0.0998 e. The van der Waals surface area contributed by atoms with Crippen LogP contribution in [-0.4, -0.2) is 14.1 Å². The molecule has 23 heavy (non-hydrogen) atoms. The topological polar surface area (TPSA) is 27.0 Å². The summed E-state index contributed by atoms with van der Waals surface area (Å²) in [7, 11) is 4.03. The second kappa shape index (κ2) is 6.37. The van der Waals surface area contributed by atoms with Gasteiger partial charge in [0.25, 0.3) is 0 Å². The molecule has 0 aliphatic carbocycles. The molecule has 112 valence electrons. The molecule has 3 rings (SSSR count). The van der Waals surface area contributed by atoms with Gasteiger partial charge in [-0.3, -0.25) is 0 Å². The third kappa shape index (κ3) is 3.25. The zero-order valence-corrected chi connectivity index (χ0v) is 13.3. The van der Waals surface area contributed by atoms with E-state index < -0.39 is 0 Å². The highest BCUT2D eigenvalue weighted by Gasteiger charge is 2.03. The van der Waals surface area contributed by atoms with Gasteiger partial charge >= 0.3 is 0 Å². The monoisotopic (exact) mass is 298 g/mol. The van der Waals surface area contributed by atoms with Crippen LogP contribution in [0.15, 0.2) is 66.7 Å². The van der Waals surface area contributed by atoms with Gasteiger partial charge in [0.15, 0.2) is 0 Å². The number of hydrogen-bond donors (Lipinski definition) is 0. The maximum absolute atomic E-state index is 9.53. The van der Waals surface area contributed by atoms with Crippen LogP contribution in [0.4, 0.5) is 5.69 Å². The predicted molar refractivity (Wildman–Crippen MR) is 98.2 cm³/mol. The van der Waals surface area contributed by atoms with Crippen molar-refractivity contribution in [3.05, 3.63) is 77.9 Å². The number of benzene rings is 3. The van der Waals surface area contributed by atoms with E-state index in [1.807, 2.05) is 50.5 Å². The van der Waals surface area contributed by atoms with Gasteiger partial charge in [-0.05, 0) is 46.2 Å². The van der Waals surface area contributed by atoms with Crippen molar-refractivity contribution in [2.75, 3.05) is 19.0 Å². The summed E-state index contributed by atoms with van der Waals surface area (Å²) in [6.45, 7) is 0. The molecule has 0 radical (unpaired) electrons. The summed E-state index contributed by atoms with van der Waals surface area (Å²) in [6, 6.07) is 24.8. The van der Waals surface area contributed by atoms with Crippen molar-refractivity contribution in [3.8, 4) is 6.07 Å². The third-order valence-electron chi connectivity index (χ3n) is 3.90. The van der Waals surface area contributed by atoms with Gasteiger partial charge in [-0.2, -0.15) is 5.26 Å². The van der Waals surface area contributed by atoms with Crippen molar-refractivity contribution in [1.82, 2.24) is 0 Å². The molecule has 0 unspecified atom stereocenters. The highest BCUT2D eigenvalue weighted by atomic mass is 15.1. The first kappa shape index (κ1) is 14.9. The Kier molecular flexibility index (Phi) is 4.12. The number of nitrogens with zero attached hydrogens (tertiary/aromatic N) is 2. The molecule has 0 saturated carbocycles. The summed E-state index contributed by atoms with van der Waals surface area (Å²) in [5, 5.41) is 11.9. The highest BCUT2D eigenvalue weighted by molar-refractivity contribution is 5.94. The van der Waals surface area contributed by atoms with Gasteiger partial charge in [-0.15, -0.1) is 0 Å². The molecule has 0 aliphatic rings. The number of hydrogen-bond acceptors (Lipinski definition) is 2. The van der Waals surface area contributed by atoms with E-state index in [4.69, 9.17) is 0 Å². The van der Waals surface area contributed by atoms with Crippen LogP contribution in [-0.2, 0) is 0 Å². The van der Waals surface area contributed by atoms with E-state index in [9.17, 15) is 5.26 Å². The van der Waals surface area contributed by atoms with E-state index in [0.29, 0.717) is 5.57 Å². The van der Waals surface area contributed by atoms with Gasteiger partial charge in [0.2, 0.25) is 0 Å². The molecule has 0 bridgehead atoms. The fourth-order valence-electron chi connectivity index (χ4n) is 2.57. The lowest BCUT2D eigenvalue weighted by Crippen LogP contribution is -2.07. The maximum Gasteiger partial charge on any atom is 0.0998 e. The summed E-state index contributed by atoms with van der Waals surface area (Å²) in [6.07, 6.45) is 1.93. The molecule has 0 amide bonds. The van der Waals surface area contributed by atoms with Crippen molar-refractivity contribution in [3.63, 3.8) is 0 Å². The molecular formula is C21H18N2. The lowest BCUT2D eigenvalue weighted by Gasteiger charge is -2.12. The number of fused-ring (bicyclic) bond motifs is 1. The Hall–Kier alpha value is -3.05. The van der Waals surface area contributed by atoms with Crippen LogP contribution in [0.3, 0.4) is 0 Å². The van der Waals surface area contributed by atoms with Gasteiger partial charge in [-0.25, -0.2) is 0 Å². The minimum atomic E-state index is 0.674. The fraction of sp³-hybridized carbons (Fsp3) is 0.0952. The Morgan fingerprint density at radius 2 is 1.61 bits per heavy atom. The van der Waals surface area contributed by atoms with Gasteiger partial charge < -0.3 is 4.90 Å². The molecule has 0 spiro atoms. The van der Waals surface area contributed by atoms with Gasteiger partial charge in [0, 0.05) is 19.8 Å². The van der Waals surface area contributed by atoms with Gasteiger partial charge in [0.05, 0.1) is 11.6 Å². The Morgan fingerprint density at radius 3 is 2.26 bits per heavy atom. The molecule has 0 N–H and O–H groups in total. The quantitative estimate of drug-likeness (QED) is 0.504. The van der Waals surface area contributed by atoms with Crippen LogP contribution < -0.4 is 4.90 Å². The second-order valence-corrected chi connectivity index (χ2v) is 5.72. The van der Waals surface area contributed by atoms with Crippen LogP contribution in [0, 0.1) is 11.3 Å². The molecule has 0 heterocycles. The number of anilines is 1. The maximum atomic E-state index is 9.53. The van der Waals surface area contributed by atoms with E-state index in [2.05, 4.69) is 47.4 Å². The molecule has 0 fully saturated rings. The van der Waals surface area contributed by atoms with Crippen molar-refractivity contribution in [2.45, 2.75) is 0 Å². The van der Waals surface area contributed by atoms with Crippen LogP contribution in [0.1, 0.15) is 11.1 Å². The van der Waals surface area contributed by atoms with Gasteiger partial charge in [-0.1, -0.05) is 48.5 Å². The lowest BCUT2D eigenvalue weighted by atomic mass is 10.00. The molecule has 0 saturated heterocycles. The predicted octanol–water partition coefficient (Wildman–Crippen LogP) is 4.97. The number of rotatable bonds is 3. The van der Waals surface area contributed by atoms with E-state index in [0.717, 1.165) is 22.2 Å². The third-order valence-corrected chi connectivity index (χ3v) is 3.90. The molecule has 0 aliphatic heterocycles. The minimum Gasteiger partial charge on any atom is -0.378 e. The van der Waals surface area contributed by atoms with Crippen LogP contribution in [0.25, 0.3) is 22.4 Å². The van der Waals surface area contributed by atoms with Crippen LogP contribution >= 0.6 is 0 Å². The molecule has 3 aromatic rings. The van der Waals surface area contributed by atoms with Gasteiger partial charge in [0.1, 0.15) is 0 Å². The zero-order valence-electron chi connectivity index (χ0n) is 13.3.